The van der Waals surface area contributed by atoms with Crippen molar-refractivity contribution in [2.75, 3.05) is 6.61 Å². The van der Waals surface area contributed by atoms with Gasteiger partial charge in [-0.15, -0.1) is 0 Å². The molecule has 2 unspecified atom stereocenters. The summed E-state index contributed by atoms with van der Waals surface area (Å²) in [6.07, 6.45) is -2.82. The molecule has 3 heterocycles. The van der Waals surface area contributed by atoms with Gasteiger partial charge in [-0.1, -0.05) is 6.07 Å². The molecule has 2 fully saturated rings. The van der Waals surface area contributed by atoms with Crippen molar-refractivity contribution in [2.45, 2.75) is 95.2 Å². The molecular formula is C25H31F4N3O4. The van der Waals surface area contributed by atoms with E-state index in [9.17, 15) is 27.6 Å². The molecule has 3 amide bonds. The minimum absolute atomic E-state index is 0.0348. The molecule has 1 aromatic rings. The molecule has 7 nitrogen and oxygen atoms in total. The van der Waals surface area contributed by atoms with E-state index in [0.717, 1.165) is 12.8 Å². The highest BCUT2D eigenvalue weighted by atomic mass is 19.4. The topological polar surface area (TPSA) is 87.7 Å². The van der Waals surface area contributed by atoms with Gasteiger partial charge in [0.05, 0.1) is 12.6 Å². The molecule has 0 radical (unpaired) electrons. The number of hydrogen-bond donors (Lipinski definition) is 2. The summed E-state index contributed by atoms with van der Waals surface area (Å²) in [6.45, 7) is 2.30. The van der Waals surface area contributed by atoms with Crippen molar-refractivity contribution in [1.82, 2.24) is 15.5 Å². The number of ether oxygens (including phenoxy) is 1. The van der Waals surface area contributed by atoms with Gasteiger partial charge in [-0.2, -0.15) is 13.2 Å². The quantitative estimate of drug-likeness (QED) is 0.411. The van der Waals surface area contributed by atoms with Crippen molar-refractivity contribution in [2.24, 2.45) is 0 Å². The van der Waals surface area contributed by atoms with Crippen molar-refractivity contribution in [3.8, 4) is 0 Å². The van der Waals surface area contributed by atoms with Gasteiger partial charge in [0, 0.05) is 49.1 Å². The number of rotatable bonds is 8. The lowest BCUT2D eigenvalue weighted by Gasteiger charge is -2.35. The first-order valence-corrected chi connectivity index (χ1v) is 12.4. The van der Waals surface area contributed by atoms with E-state index in [1.807, 2.05) is 6.92 Å². The number of fused-ring (bicyclic) bond motifs is 1. The van der Waals surface area contributed by atoms with Crippen LogP contribution in [0.5, 0.6) is 0 Å². The van der Waals surface area contributed by atoms with Crippen molar-refractivity contribution < 1.29 is 36.7 Å². The summed E-state index contributed by atoms with van der Waals surface area (Å²) in [5, 5.41) is 5.59. The van der Waals surface area contributed by atoms with Gasteiger partial charge >= 0.3 is 6.18 Å². The lowest BCUT2D eigenvalue weighted by Crippen LogP contribution is -2.52. The van der Waals surface area contributed by atoms with Gasteiger partial charge in [0.1, 0.15) is 11.9 Å². The summed E-state index contributed by atoms with van der Waals surface area (Å²) in [4.78, 5) is 37.9. The highest BCUT2D eigenvalue weighted by Gasteiger charge is 2.41. The predicted molar refractivity (Wildman–Crippen MR) is 121 cm³/mol. The summed E-state index contributed by atoms with van der Waals surface area (Å²) in [5.74, 6) is -1.89. The molecule has 4 rings (SSSR count). The van der Waals surface area contributed by atoms with Crippen LogP contribution >= 0.6 is 0 Å². The molecule has 0 aromatic heterocycles. The molecule has 11 heteroatoms. The van der Waals surface area contributed by atoms with E-state index in [1.165, 1.54) is 4.90 Å². The van der Waals surface area contributed by atoms with Crippen molar-refractivity contribution in [3.05, 3.63) is 34.6 Å². The second-order valence-electron chi connectivity index (χ2n) is 9.90. The number of carbonyl (C=O) groups is 3. The Morgan fingerprint density at radius 2 is 2.00 bits per heavy atom. The number of nitrogens with one attached hydrogen (secondary N) is 2. The summed E-state index contributed by atoms with van der Waals surface area (Å²) in [7, 11) is 0. The maximum Gasteiger partial charge on any atom is 0.389 e. The molecule has 3 aliphatic heterocycles. The Morgan fingerprint density at radius 3 is 2.72 bits per heavy atom. The van der Waals surface area contributed by atoms with Gasteiger partial charge in [0.25, 0.3) is 5.91 Å². The average Bonchev–Trinajstić information content (AvgIpc) is 3.13. The van der Waals surface area contributed by atoms with Crippen LogP contribution in [0.1, 0.15) is 73.4 Å². The highest BCUT2D eigenvalue weighted by molar-refractivity contribution is 6.05. The first-order valence-electron chi connectivity index (χ1n) is 12.4. The SMILES string of the molecule is CC(CCCC(F)(F)F)N[C@H]1CCCO[C@@H]1Cc1ccc2c(c1F)CN(C1CCC(=O)NC1=O)C2=O. The van der Waals surface area contributed by atoms with Crippen LogP contribution in [-0.4, -0.2) is 59.6 Å². The molecule has 2 N–H and O–H groups in total. The monoisotopic (exact) mass is 513 g/mol. The number of piperidine rings is 1. The molecule has 1 aromatic carbocycles. The summed E-state index contributed by atoms with van der Waals surface area (Å²) in [5.41, 5.74) is 0.816. The third kappa shape index (κ3) is 6.05. The molecule has 0 saturated carbocycles. The van der Waals surface area contributed by atoms with Crippen LogP contribution in [0.4, 0.5) is 17.6 Å². The van der Waals surface area contributed by atoms with Crippen LogP contribution in [0, 0.1) is 5.82 Å². The number of imide groups is 1. The van der Waals surface area contributed by atoms with Crippen molar-refractivity contribution in [3.63, 3.8) is 0 Å². The van der Waals surface area contributed by atoms with Crippen LogP contribution in [0.3, 0.4) is 0 Å². The fourth-order valence-corrected chi connectivity index (χ4v) is 5.32. The zero-order valence-electron chi connectivity index (χ0n) is 20.1. The molecule has 4 atom stereocenters. The van der Waals surface area contributed by atoms with E-state index in [-0.39, 0.29) is 67.4 Å². The van der Waals surface area contributed by atoms with E-state index in [1.54, 1.807) is 12.1 Å². The Balaban J connectivity index is 1.41. The fourth-order valence-electron chi connectivity index (χ4n) is 5.32. The van der Waals surface area contributed by atoms with Crippen LogP contribution in [0.25, 0.3) is 0 Å². The Labute approximate surface area is 206 Å². The maximum absolute atomic E-state index is 15.6. The normalized spacial score (nSPS) is 25.6. The third-order valence-corrected chi connectivity index (χ3v) is 7.19. The van der Waals surface area contributed by atoms with Crippen molar-refractivity contribution in [1.29, 1.82) is 0 Å². The number of amides is 3. The van der Waals surface area contributed by atoms with Gasteiger partial charge in [-0.3, -0.25) is 19.7 Å². The number of nitrogens with zero attached hydrogens (tertiary/aromatic N) is 1. The summed E-state index contributed by atoms with van der Waals surface area (Å²) < 4.78 is 58.8. The van der Waals surface area contributed by atoms with Crippen LogP contribution in [0.2, 0.25) is 0 Å². The second-order valence-corrected chi connectivity index (χ2v) is 9.90. The Morgan fingerprint density at radius 1 is 1.22 bits per heavy atom. The Bertz CT molecular complexity index is 1020. The zero-order chi connectivity index (χ0) is 26.0. The van der Waals surface area contributed by atoms with Crippen molar-refractivity contribution >= 4 is 17.7 Å². The van der Waals surface area contributed by atoms with E-state index < -0.39 is 36.3 Å². The highest BCUT2D eigenvalue weighted by Crippen LogP contribution is 2.32. The minimum Gasteiger partial charge on any atom is -0.376 e. The molecular weight excluding hydrogens is 482 g/mol. The zero-order valence-corrected chi connectivity index (χ0v) is 20.1. The molecule has 0 spiro atoms. The Hall–Kier alpha value is -2.53. The second kappa shape index (κ2) is 10.8. The largest absolute Gasteiger partial charge is 0.389 e. The van der Waals surface area contributed by atoms with Crippen LogP contribution < -0.4 is 10.6 Å². The van der Waals surface area contributed by atoms with Gasteiger partial charge < -0.3 is 15.0 Å². The lowest BCUT2D eigenvalue weighted by atomic mass is 9.93. The van der Waals surface area contributed by atoms with Gasteiger partial charge in [0.15, 0.2) is 0 Å². The van der Waals surface area contributed by atoms with E-state index in [4.69, 9.17) is 4.74 Å². The predicted octanol–water partition coefficient (Wildman–Crippen LogP) is 3.39. The first-order chi connectivity index (χ1) is 17.0. The van der Waals surface area contributed by atoms with Crippen LogP contribution in [0.15, 0.2) is 12.1 Å². The van der Waals surface area contributed by atoms with Gasteiger partial charge in [-0.25, -0.2) is 4.39 Å². The first kappa shape index (κ1) is 26.5. The van der Waals surface area contributed by atoms with Crippen LogP contribution in [-0.2, 0) is 27.3 Å². The number of alkyl halides is 3. The number of carbonyl (C=O) groups excluding carboxylic acids is 3. The fraction of sp³-hybridized carbons (Fsp3) is 0.640. The number of halogens is 4. The Kier molecular flexibility index (Phi) is 7.99. The summed E-state index contributed by atoms with van der Waals surface area (Å²) >= 11 is 0. The molecule has 2 saturated heterocycles. The van der Waals surface area contributed by atoms with Gasteiger partial charge in [-0.05, 0) is 50.7 Å². The summed E-state index contributed by atoms with van der Waals surface area (Å²) in [6, 6.07) is 2.02. The molecule has 3 aliphatic rings. The minimum atomic E-state index is -4.17. The standard InChI is InChI=1S/C25H31F4N3O4/c1-14(4-2-10-25(27,28)29)30-18-5-3-11-36-20(18)12-15-6-7-16-17(22(15)26)13-32(24(16)35)19-8-9-21(33)31-23(19)34/h6-7,14,18-20,30H,2-5,8-13H2,1H3,(H,31,33,34)/t14?,18-,19?,20+/m0/s1. The molecule has 0 bridgehead atoms. The maximum atomic E-state index is 15.6. The van der Waals surface area contributed by atoms with Gasteiger partial charge in [0.2, 0.25) is 11.8 Å². The number of hydrogen-bond acceptors (Lipinski definition) is 5. The van der Waals surface area contributed by atoms with E-state index >= 15 is 4.39 Å². The molecule has 36 heavy (non-hydrogen) atoms. The number of benzene rings is 1. The average molecular weight is 514 g/mol. The van der Waals surface area contributed by atoms with E-state index in [0.29, 0.717) is 18.6 Å². The molecule has 0 aliphatic carbocycles. The van der Waals surface area contributed by atoms with E-state index in [2.05, 4.69) is 10.6 Å². The smallest absolute Gasteiger partial charge is 0.376 e. The molecule has 198 valence electrons. The lowest BCUT2D eigenvalue weighted by molar-refractivity contribution is -0.137. The third-order valence-electron chi connectivity index (χ3n) is 7.19.